The molecule has 0 aliphatic rings. The van der Waals surface area contributed by atoms with E-state index in [4.69, 9.17) is 34.8 Å². The van der Waals surface area contributed by atoms with Crippen molar-refractivity contribution in [3.8, 4) is 0 Å². The molecule has 1 unspecified atom stereocenters. The van der Waals surface area contributed by atoms with E-state index < -0.39 is 6.04 Å². The number of rotatable bonds is 3. The maximum Gasteiger partial charge on any atom is 0.128 e. The van der Waals surface area contributed by atoms with Crippen LogP contribution in [0.4, 0.5) is 5.82 Å². The van der Waals surface area contributed by atoms with Gasteiger partial charge >= 0.3 is 0 Å². The van der Waals surface area contributed by atoms with Crippen molar-refractivity contribution in [2.75, 3.05) is 5.73 Å². The van der Waals surface area contributed by atoms with E-state index in [2.05, 4.69) is 15.4 Å². The van der Waals surface area contributed by atoms with Crippen LogP contribution in [-0.2, 0) is 0 Å². The van der Waals surface area contributed by atoms with Crippen molar-refractivity contribution in [3.05, 3.63) is 51.9 Å². The van der Waals surface area contributed by atoms with Crippen molar-refractivity contribution in [2.45, 2.75) is 6.04 Å². The van der Waals surface area contributed by atoms with Gasteiger partial charge in [0.1, 0.15) is 5.82 Å². The van der Waals surface area contributed by atoms with Crippen molar-refractivity contribution < 1.29 is 0 Å². The molecule has 5 N–H and O–H groups in total. The van der Waals surface area contributed by atoms with Crippen LogP contribution in [0, 0.1) is 0 Å². The minimum absolute atomic E-state index is 0.346. The Morgan fingerprint density at radius 3 is 2.44 bits per heavy atom. The Morgan fingerprint density at radius 2 is 1.83 bits per heavy atom. The molecule has 0 radical (unpaired) electrons. The summed E-state index contributed by atoms with van der Waals surface area (Å²) in [5.41, 5.74) is 9.80. The molecule has 2 rings (SSSR count). The van der Waals surface area contributed by atoms with Crippen molar-refractivity contribution in [3.63, 3.8) is 0 Å². The highest BCUT2D eigenvalue weighted by atomic mass is 35.5. The standard InChI is InChI=1S/C11H11Cl2N5/c12-6-1-2-9(16-4-6)10(18-15)8-3-7(13)5-17-11(8)14/h1-5,10,18H,15H2,(H2,14,17). The molecule has 94 valence electrons. The van der Waals surface area contributed by atoms with Crippen LogP contribution in [0.5, 0.6) is 0 Å². The number of anilines is 1. The Balaban J connectivity index is 2.44. The number of halogens is 2. The zero-order chi connectivity index (χ0) is 13.1. The summed E-state index contributed by atoms with van der Waals surface area (Å²) >= 11 is 11.7. The third-order valence-electron chi connectivity index (χ3n) is 2.44. The smallest absolute Gasteiger partial charge is 0.128 e. The van der Waals surface area contributed by atoms with Crippen molar-refractivity contribution in [1.82, 2.24) is 15.4 Å². The third-order valence-corrected chi connectivity index (χ3v) is 2.87. The van der Waals surface area contributed by atoms with Gasteiger partial charge in [0.15, 0.2) is 0 Å². The summed E-state index contributed by atoms with van der Waals surface area (Å²) in [6.45, 7) is 0. The fraction of sp³-hybridized carbons (Fsp3) is 0.0909. The van der Waals surface area contributed by atoms with E-state index in [0.717, 1.165) is 0 Å². The van der Waals surface area contributed by atoms with E-state index in [1.807, 2.05) is 0 Å². The summed E-state index contributed by atoms with van der Waals surface area (Å²) < 4.78 is 0. The summed E-state index contributed by atoms with van der Waals surface area (Å²) in [6, 6.07) is 4.79. The Morgan fingerprint density at radius 1 is 1.11 bits per heavy atom. The first kappa shape index (κ1) is 13.0. The number of nitrogen functional groups attached to an aromatic ring is 1. The predicted molar refractivity (Wildman–Crippen MR) is 72.1 cm³/mol. The summed E-state index contributed by atoms with van der Waals surface area (Å²) in [4.78, 5) is 8.18. The monoisotopic (exact) mass is 283 g/mol. The van der Waals surface area contributed by atoms with Crippen LogP contribution < -0.4 is 17.0 Å². The molecule has 0 aromatic carbocycles. The highest BCUT2D eigenvalue weighted by Gasteiger charge is 2.17. The predicted octanol–water partition coefficient (Wildman–Crippen LogP) is 1.92. The minimum Gasteiger partial charge on any atom is -0.383 e. The van der Waals surface area contributed by atoms with E-state index in [0.29, 0.717) is 27.1 Å². The molecule has 2 heterocycles. The molecule has 0 aliphatic carbocycles. The molecular weight excluding hydrogens is 273 g/mol. The molecule has 0 saturated carbocycles. The van der Waals surface area contributed by atoms with E-state index in [1.165, 1.54) is 12.4 Å². The molecular formula is C11H11Cl2N5. The summed E-state index contributed by atoms with van der Waals surface area (Å²) in [7, 11) is 0. The first-order chi connectivity index (χ1) is 8.61. The van der Waals surface area contributed by atoms with Gasteiger partial charge in [0, 0.05) is 18.0 Å². The lowest BCUT2D eigenvalue weighted by molar-refractivity contribution is 0.621. The lowest BCUT2D eigenvalue weighted by Crippen LogP contribution is -2.30. The molecule has 0 saturated heterocycles. The van der Waals surface area contributed by atoms with Crippen LogP contribution in [0.15, 0.2) is 30.6 Å². The van der Waals surface area contributed by atoms with Crippen molar-refractivity contribution in [1.29, 1.82) is 0 Å². The highest BCUT2D eigenvalue weighted by Crippen LogP contribution is 2.26. The number of pyridine rings is 2. The van der Waals surface area contributed by atoms with Gasteiger partial charge in [-0.1, -0.05) is 23.2 Å². The molecule has 5 nitrogen and oxygen atoms in total. The highest BCUT2D eigenvalue weighted by molar-refractivity contribution is 6.30. The Bertz CT molecular complexity index is 544. The normalized spacial score (nSPS) is 12.4. The fourth-order valence-corrected chi connectivity index (χ4v) is 1.87. The number of nitrogens with two attached hydrogens (primary N) is 2. The number of hydrazine groups is 1. The Kier molecular flexibility index (Phi) is 3.98. The van der Waals surface area contributed by atoms with Crippen LogP contribution in [0.3, 0.4) is 0 Å². The molecule has 0 bridgehead atoms. The first-order valence-electron chi connectivity index (χ1n) is 5.10. The molecule has 0 aliphatic heterocycles. The molecule has 2 aromatic rings. The van der Waals surface area contributed by atoms with E-state index in [9.17, 15) is 0 Å². The van der Waals surface area contributed by atoms with Crippen LogP contribution in [0.2, 0.25) is 10.0 Å². The number of aromatic nitrogens is 2. The Labute approximate surface area is 114 Å². The molecule has 0 spiro atoms. The Hall–Kier alpha value is -1.40. The van der Waals surface area contributed by atoms with Gasteiger partial charge in [-0.3, -0.25) is 10.8 Å². The van der Waals surface area contributed by atoms with Gasteiger partial charge in [-0.05, 0) is 18.2 Å². The maximum atomic E-state index is 5.90. The fourth-order valence-electron chi connectivity index (χ4n) is 1.59. The average Bonchev–Trinajstić information content (AvgIpc) is 2.37. The van der Waals surface area contributed by atoms with Gasteiger partial charge in [0.25, 0.3) is 0 Å². The maximum absolute atomic E-state index is 5.90. The SMILES string of the molecule is NNC(c1ccc(Cl)cn1)c1cc(Cl)cnc1N. The number of nitrogens with zero attached hydrogens (tertiary/aromatic N) is 2. The van der Waals surface area contributed by atoms with Crippen molar-refractivity contribution >= 4 is 29.0 Å². The van der Waals surface area contributed by atoms with Gasteiger partial charge in [0.2, 0.25) is 0 Å². The number of hydrogen-bond donors (Lipinski definition) is 3. The topological polar surface area (TPSA) is 89.8 Å². The second-order valence-electron chi connectivity index (χ2n) is 3.63. The van der Waals surface area contributed by atoms with E-state index >= 15 is 0 Å². The van der Waals surface area contributed by atoms with Crippen LogP contribution in [-0.4, -0.2) is 9.97 Å². The van der Waals surface area contributed by atoms with Gasteiger partial charge in [0.05, 0.1) is 21.8 Å². The third kappa shape index (κ3) is 2.70. The summed E-state index contributed by atoms with van der Waals surface area (Å²) in [5, 5.41) is 1.03. The van der Waals surface area contributed by atoms with E-state index in [1.54, 1.807) is 18.2 Å². The molecule has 18 heavy (non-hydrogen) atoms. The van der Waals surface area contributed by atoms with Gasteiger partial charge in [-0.25, -0.2) is 10.4 Å². The summed E-state index contributed by atoms with van der Waals surface area (Å²) in [5.74, 6) is 5.89. The molecule has 0 amide bonds. The van der Waals surface area contributed by atoms with Gasteiger partial charge < -0.3 is 5.73 Å². The van der Waals surface area contributed by atoms with E-state index in [-0.39, 0.29) is 0 Å². The zero-order valence-electron chi connectivity index (χ0n) is 9.27. The van der Waals surface area contributed by atoms with Crippen LogP contribution >= 0.6 is 23.2 Å². The zero-order valence-corrected chi connectivity index (χ0v) is 10.8. The summed E-state index contributed by atoms with van der Waals surface area (Å²) in [6.07, 6.45) is 3.01. The number of hydrogen-bond acceptors (Lipinski definition) is 5. The largest absolute Gasteiger partial charge is 0.383 e. The molecule has 1 atom stereocenters. The quantitative estimate of drug-likeness (QED) is 0.591. The lowest BCUT2D eigenvalue weighted by Gasteiger charge is -2.17. The molecule has 7 heteroatoms. The van der Waals surface area contributed by atoms with Gasteiger partial charge in [-0.2, -0.15) is 0 Å². The second kappa shape index (κ2) is 5.49. The lowest BCUT2D eigenvalue weighted by atomic mass is 10.0. The second-order valence-corrected chi connectivity index (χ2v) is 4.50. The first-order valence-corrected chi connectivity index (χ1v) is 5.86. The molecule has 0 fully saturated rings. The minimum atomic E-state index is -0.395. The van der Waals surface area contributed by atoms with Gasteiger partial charge in [-0.15, -0.1) is 0 Å². The van der Waals surface area contributed by atoms with Crippen molar-refractivity contribution in [2.24, 2.45) is 5.84 Å². The van der Waals surface area contributed by atoms with Crippen LogP contribution in [0.25, 0.3) is 0 Å². The molecule has 2 aromatic heterocycles. The van der Waals surface area contributed by atoms with Crippen LogP contribution in [0.1, 0.15) is 17.3 Å². The average molecular weight is 284 g/mol. The number of nitrogens with one attached hydrogen (secondary N) is 1.